The van der Waals surface area contributed by atoms with Crippen molar-refractivity contribution in [1.29, 1.82) is 0 Å². The van der Waals surface area contributed by atoms with Gasteiger partial charge in [0.2, 0.25) is 0 Å². The smallest absolute Gasteiger partial charge is 0.254 e. The summed E-state index contributed by atoms with van der Waals surface area (Å²) in [5.74, 6) is 0.126. The van der Waals surface area contributed by atoms with Gasteiger partial charge >= 0.3 is 0 Å². The van der Waals surface area contributed by atoms with Gasteiger partial charge in [-0.25, -0.2) is 0 Å². The van der Waals surface area contributed by atoms with Crippen LogP contribution in [0.5, 0.6) is 0 Å². The highest BCUT2D eigenvalue weighted by atomic mass is 16.2. The molecular weight excluding hydrogens is 396 g/mol. The van der Waals surface area contributed by atoms with Crippen molar-refractivity contribution in [3.8, 4) is 0 Å². The lowest BCUT2D eigenvalue weighted by atomic mass is 10.0. The number of unbranched alkanes of at least 4 members (excludes halogenated alkanes) is 1. The Kier molecular flexibility index (Phi) is 6.01. The van der Waals surface area contributed by atoms with Gasteiger partial charge in [0, 0.05) is 36.3 Å². The Balaban J connectivity index is 1.34. The zero-order valence-corrected chi connectivity index (χ0v) is 19.4. The number of carbonyl (C=O) groups is 1. The van der Waals surface area contributed by atoms with Crippen molar-refractivity contribution in [1.82, 2.24) is 20.0 Å². The Morgan fingerprint density at radius 3 is 2.69 bits per heavy atom. The van der Waals surface area contributed by atoms with Gasteiger partial charge in [-0.2, -0.15) is 5.10 Å². The van der Waals surface area contributed by atoms with Gasteiger partial charge in [0.1, 0.15) is 0 Å². The maximum Gasteiger partial charge on any atom is 0.254 e. The van der Waals surface area contributed by atoms with E-state index in [1.807, 2.05) is 11.8 Å². The van der Waals surface area contributed by atoms with Gasteiger partial charge in [-0.1, -0.05) is 38.0 Å². The number of carbonyl (C=O) groups excluding carboxylic acids is 1. The van der Waals surface area contributed by atoms with E-state index in [9.17, 15) is 4.79 Å². The molecule has 3 aromatic rings. The van der Waals surface area contributed by atoms with E-state index in [-0.39, 0.29) is 5.91 Å². The molecule has 1 aromatic heterocycles. The molecule has 0 unspecified atom stereocenters. The van der Waals surface area contributed by atoms with E-state index < -0.39 is 0 Å². The first-order valence-corrected chi connectivity index (χ1v) is 12.2. The second-order valence-corrected chi connectivity index (χ2v) is 9.59. The minimum atomic E-state index is 0.126. The van der Waals surface area contributed by atoms with Gasteiger partial charge in [0.15, 0.2) is 0 Å². The molecule has 168 valence electrons. The van der Waals surface area contributed by atoms with Gasteiger partial charge in [0.25, 0.3) is 5.91 Å². The molecule has 0 atom stereocenters. The van der Waals surface area contributed by atoms with Crippen molar-refractivity contribution in [2.45, 2.75) is 72.0 Å². The maximum atomic E-state index is 13.5. The summed E-state index contributed by atoms with van der Waals surface area (Å²) in [4.78, 5) is 18.1. The third-order valence-electron chi connectivity index (χ3n) is 7.13. The normalized spacial score (nSPS) is 16.6. The number of amides is 1. The number of aromatic nitrogens is 2. The Morgan fingerprint density at radius 1 is 1.06 bits per heavy atom. The van der Waals surface area contributed by atoms with Crippen LogP contribution >= 0.6 is 0 Å². The third-order valence-corrected chi connectivity index (χ3v) is 7.13. The third kappa shape index (κ3) is 4.18. The van der Waals surface area contributed by atoms with Crippen LogP contribution < -0.4 is 0 Å². The van der Waals surface area contributed by atoms with Crippen LogP contribution in [-0.4, -0.2) is 39.0 Å². The van der Waals surface area contributed by atoms with Crippen LogP contribution in [0.4, 0.5) is 0 Å². The average molecular weight is 431 g/mol. The summed E-state index contributed by atoms with van der Waals surface area (Å²) in [6.07, 6.45) is 7.22. The fraction of sp³-hybridized carbons (Fsp3) is 0.481. The van der Waals surface area contributed by atoms with Crippen molar-refractivity contribution >= 4 is 16.8 Å². The van der Waals surface area contributed by atoms with Gasteiger partial charge < -0.3 is 4.90 Å². The SMILES string of the molecule is CCCCc1[nH]nc2cc(C)c(C(=O)N3Cc4ccc(CN5CCCCC5)cc4C3)cc12. The summed E-state index contributed by atoms with van der Waals surface area (Å²) in [5, 5.41) is 8.74. The fourth-order valence-electron chi connectivity index (χ4n) is 5.23. The number of fused-ring (bicyclic) bond motifs is 2. The number of rotatable bonds is 6. The number of hydrogen-bond donors (Lipinski definition) is 1. The highest BCUT2D eigenvalue weighted by molar-refractivity contribution is 6.00. The molecule has 1 N–H and O–H groups in total. The quantitative estimate of drug-likeness (QED) is 0.573. The highest BCUT2D eigenvalue weighted by Gasteiger charge is 2.26. The van der Waals surface area contributed by atoms with E-state index in [1.54, 1.807) is 0 Å². The van der Waals surface area contributed by atoms with Crippen molar-refractivity contribution in [2.75, 3.05) is 13.1 Å². The van der Waals surface area contributed by atoms with Gasteiger partial charge in [0.05, 0.1) is 5.52 Å². The number of H-pyrrole nitrogens is 1. The fourth-order valence-corrected chi connectivity index (χ4v) is 5.23. The summed E-state index contributed by atoms with van der Waals surface area (Å²) >= 11 is 0. The van der Waals surface area contributed by atoms with E-state index in [1.165, 1.54) is 49.0 Å². The number of benzene rings is 2. The molecule has 0 aliphatic carbocycles. The second-order valence-electron chi connectivity index (χ2n) is 9.59. The highest BCUT2D eigenvalue weighted by Crippen LogP contribution is 2.29. The predicted molar refractivity (Wildman–Crippen MR) is 129 cm³/mol. The molecule has 0 spiro atoms. The summed E-state index contributed by atoms with van der Waals surface area (Å²) < 4.78 is 0. The molecule has 0 bridgehead atoms. The predicted octanol–water partition coefficient (Wildman–Crippen LogP) is 5.36. The monoisotopic (exact) mass is 430 g/mol. The van der Waals surface area contributed by atoms with E-state index in [0.29, 0.717) is 13.1 Å². The van der Waals surface area contributed by atoms with Crippen LogP contribution in [0.3, 0.4) is 0 Å². The number of likely N-dealkylation sites (tertiary alicyclic amines) is 1. The van der Waals surface area contributed by atoms with E-state index in [2.05, 4.69) is 52.4 Å². The molecule has 5 nitrogen and oxygen atoms in total. The first-order chi connectivity index (χ1) is 15.6. The van der Waals surface area contributed by atoms with Gasteiger partial charge in [-0.3, -0.25) is 14.8 Å². The summed E-state index contributed by atoms with van der Waals surface area (Å²) in [6.45, 7) is 9.05. The Labute approximate surface area is 190 Å². The maximum absolute atomic E-state index is 13.5. The molecule has 2 aromatic carbocycles. The first-order valence-electron chi connectivity index (χ1n) is 12.2. The number of piperidine rings is 1. The lowest BCUT2D eigenvalue weighted by Crippen LogP contribution is -2.29. The topological polar surface area (TPSA) is 52.2 Å². The van der Waals surface area contributed by atoms with E-state index >= 15 is 0 Å². The molecule has 5 heteroatoms. The average Bonchev–Trinajstić information content (AvgIpc) is 3.40. The number of aryl methyl sites for hydroxylation is 2. The van der Waals surface area contributed by atoms with Crippen LogP contribution in [-0.2, 0) is 26.1 Å². The number of aromatic amines is 1. The molecule has 2 aliphatic rings. The molecular formula is C27H34N4O. The Morgan fingerprint density at radius 2 is 1.88 bits per heavy atom. The molecule has 0 radical (unpaired) electrons. The second kappa shape index (κ2) is 9.07. The van der Waals surface area contributed by atoms with Crippen LogP contribution in [0.1, 0.15) is 77.3 Å². The van der Waals surface area contributed by atoms with Crippen LogP contribution in [0.15, 0.2) is 30.3 Å². The standard InChI is InChI=1S/C27H34N4O/c1-3-4-8-25-24-15-23(19(2)13-26(24)29-28-25)27(32)31-17-21-10-9-20(14-22(21)18-31)16-30-11-6-5-7-12-30/h9-10,13-15H,3-8,11-12,16-18H2,1-2H3,(H,28,29). The Hall–Kier alpha value is -2.66. The molecule has 1 fully saturated rings. The molecule has 0 saturated carbocycles. The van der Waals surface area contributed by atoms with Gasteiger partial charge in [-0.15, -0.1) is 0 Å². The van der Waals surface area contributed by atoms with Crippen LogP contribution in [0, 0.1) is 6.92 Å². The van der Waals surface area contributed by atoms with Crippen molar-refractivity contribution in [3.05, 3.63) is 63.8 Å². The number of nitrogens with zero attached hydrogens (tertiary/aromatic N) is 3. The van der Waals surface area contributed by atoms with Gasteiger partial charge in [-0.05, 0) is 80.1 Å². The molecule has 1 amide bonds. The van der Waals surface area contributed by atoms with E-state index in [0.717, 1.165) is 53.5 Å². The molecule has 2 aliphatic heterocycles. The summed E-state index contributed by atoms with van der Waals surface area (Å²) in [6, 6.07) is 10.9. The molecule has 1 saturated heterocycles. The van der Waals surface area contributed by atoms with Crippen molar-refractivity contribution < 1.29 is 4.79 Å². The lowest BCUT2D eigenvalue weighted by molar-refractivity contribution is 0.0751. The first kappa shape index (κ1) is 21.2. The van der Waals surface area contributed by atoms with Crippen molar-refractivity contribution in [3.63, 3.8) is 0 Å². The summed E-state index contributed by atoms with van der Waals surface area (Å²) in [5.41, 5.74) is 7.86. The minimum Gasteiger partial charge on any atom is -0.330 e. The largest absolute Gasteiger partial charge is 0.330 e. The molecule has 32 heavy (non-hydrogen) atoms. The number of hydrogen-bond acceptors (Lipinski definition) is 3. The lowest BCUT2D eigenvalue weighted by Gasteiger charge is -2.26. The molecule has 3 heterocycles. The van der Waals surface area contributed by atoms with E-state index in [4.69, 9.17) is 0 Å². The van der Waals surface area contributed by atoms with Crippen LogP contribution in [0.2, 0.25) is 0 Å². The van der Waals surface area contributed by atoms with Crippen LogP contribution in [0.25, 0.3) is 10.9 Å². The zero-order valence-electron chi connectivity index (χ0n) is 19.4. The van der Waals surface area contributed by atoms with Crippen molar-refractivity contribution in [2.24, 2.45) is 0 Å². The Bertz CT molecular complexity index is 1130. The summed E-state index contributed by atoms with van der Waals surface area (Å²) in [7, 11) is 0. The number of nitrogens with one attached hydrogen (secondary N) is 1. The minimum absolute atomic E-state index is 0.126. The molecule has 5 rings (SSSR count). The zero-order chi connectivity index (χ0) is 22.1.